The maximum absolute atomic E-state index is 13.3. The van der Waals surface area contributed by atoms with Crippen molar-refractivity contribution < 1.29 is 23.5 Å². The molecule has 3 aromatic rings. The summed E-state index contributed by atoms with van der Waals surface area (Å²) in [5.74, 6) is -2.19. The van der Waals surface area contributed by atoms with Gasteiger partial charge in [-0.05, 0) is 60.2 Å². The Hall–Kier alpha value is -3.39. The van der Waals surface area contributed by atoms with Crippen LogP contribution >= 0.6 is 34.8 Å². The molecule has 0 unspecified atom stereocenters. The van der Waals surface area contributed by atoms with Crippen molar-refractivity contribution in [3.8, 4) is 5.75 Å². The fourth-order valence-corrected chi connectivity index (χ4v) is 4.04. The van der Waals surface area contributed by atoms with Gasteiger partial charge in [0.15, 0.2) is 0 Å². The molecule has 0 radical (unpaired) electrons. The van der Waals surface area contributed by atoms with Gasteiger partial charge in [0.05, 0.1) is 10.7 Å². The molecular weight excluding hydrogens is 506 g/mol. The van der Waals surface area contributed by atoms with Gasteiger partial charge in [0.2, 0.25) is 0 Å². The third-order valence-corrected chi connectivity index (χ3v) is 5.53. The second-order valence-electron chi connectivity index (χ2n) is 7.16. The Bertz CT molecular complexity index is 1340. The van der Waals surface area contributed by atoms with E-state index in [1.807, 2.05) is 0 Å². The van der Waals surface area contributed by atoms with Crippen LogP contribution in [0.1, 0.15) is 11.1 Å². The highest BCUT2D eigenvalue weighted by Gasteiger charge is 2.37. The third-order valence-electron chi connectivity index (χ3n) is 4.80. The summed E-state index contributed by atoms with van der Waals surface area (Å²) in [6.45, 7) is 0.0957. The van der Waals surface area contributed by atoms with Crippen LogP contribution in [0.2, 0.25) is 15.1 Å². The molecule has 0 bridgehead atoms. The number of nitrogens with one attached hydrogen (secondary N) is 1. The highest BCUT2D eigenvalue weighted by atomic mass is 35.5. The number of amides is 4. The van der Waals surface area contributed by atoms with Gasteiger partial charge < -0.3 is 4.74 Å². The van der Waals surface area contributed by atoms with Crippen molar-refractivity contribution >= 4 is 64.4 Å². The monoisotopic (exact) mass is 518 g/mol. The van der Waals surface area contributed by atoms with Gasteiger partial charge in [0, 0.05) is 15.6 Å². The van der Waals surface area contributed by atoms with Gasteiger partial charge in [0.25, 0.3) is 11.8 Å². The molecule has 1 fully saturated rings. The number of halogens is 4. The van der Waals surface area contributed by atoms with Crippen molar-refractivity contribution in [2.45, 2.75) is 6.61 Å². The molecule has 3 aromatic carbocycles. The van der Waals surface area contributed by atoms with Gasteiger partial charge in [-0.15, -0.1) is 0 Å². The molecule has 1 saturated heterocycles. The smallest absolute Gasteiger partial charge is 0.335 e. The summed E-state index contributed by atoms with van der Waals surface area (Å²) in [5, 5.41) is 3.02. The van der Waals surface area contributed by atoms with Crippen LogP contribution in [0, 0.1) is 5.82 Å². The minimum absolute atomic E-state index is 0.0869. The van der Waals surface area contributed by atoms with E-state index in [-0.39, 0.29) is 39.2 Å². The predicted octanol–water partition coefficient (Wildman–Crippen LogP) is 6.03. The lowest BCUT2D eigenvalue weighted by molar-refractivity contribution is -0.122. The molecule has 0 spiro atoms. The molecule has 4 rings (SSSR count). The van der Waals surface area contributed by atoms with E-state index in [2.05, 4.69) is 5.32 Å². The Kier molecular flexibility index (Phi) is 6.88. The van der Waals surface area contributed by atoms with Crippen LogP contribution in [0.3, 0.4) is 0 Å². The Morgan fingerprint density at radius 2 is 1.68 bits per heavy atom. The van der Waals surface area contributed by atoms with E-state index in [9.17, 15) is 18.8 Å². The minimum atomic E-state index is -0.958. The number of ether oxygens (including phenoxy) is 1. The maximum Gasteiger partial charge on any atom is 0.335 e. The lowest BCUT2D eigenvalue weighted by Crippen LogP contribution is -2.54. The molecule has 0 aromatic heterocycles. The predicted molar refractivity (Wildman–Crippen MR) is 128 cm³/mol. The van der Waals surface area contributed by atoms with Crippen LogP contribution in [0.5, 0.6) is 5.75 Å². The van der Waals surface area contributed by atoms with E-state index < -0.39 is 23.7 Å². The molecule has 0 saturated carbocycles. The number of anilines is 1. The van der Waals surface area contributed by atoms with Crippen LogP contribution < -0.4 is 15.0 Å². The molecule has 6 nitrogen and oxygen atoms in total. The van der Waals surface area contributed by atoms with Gasteiger partial charge in [-0.1, -0.05) is 46.9 Å². The summed E-state index contributed by atoms with van der Waals surface area (Å²) in [4.78, 5) is 38.7. The number of barbiturate groups is 1. The molecule has 34 heavy (non-hydrogen) atoms. The Morgan fingerprint density at radius 1 is 0.941 bits per heavy atom. The number of carbonyl (C=O) groups is 3. The summed E-state index contributed by atoms with van der Waals surface area (Å²) in [5.41, 5.74) is 0.724. The molecule has 0 aliphatic carbocycles. The number of rotatable bonds is 5. The average molecular weight is 520 g/mol. The van der Waals surface area contributed by atoms with Crippen molar-refractivity contribution in [1.29, 1.82) is 0 Å². The van der Waals surface area contributed by atoms with Crippen molar-refractivity contribution in [1.82, 2.24) is 5.32 Å². The molecule has 10 heteroatoms. The highest BCUT2D eigenvalue weighted by Crippen LogP contribution is 2.35. The highest BCUT2D eigenvalue weighted by molar-refractivity contribution is 6.40. The number of imide groups is 2. The Labute approximate surface area is 208 Å². The molecule has 1 heterocycles. The van der Waals surface area contributed by atoms with Crippen LogP contribution in [0.4, 0.5) is 14.9 Å². The van der Waals surface area contributed by atoms with Gasteiger partial charge >= 0.3 is 6.03 Å². The van der Waals surface area contributed by atoms with E-state index in [1.165, 1.54) is 30.3 Å². The van der Waals surface area contributed by atoms with E-state index in [0.717, 1.165) is 22.6 Å². The zero-order valence-corrected chi connectivity index (χ0v) is 19.4. The molecule has 1 aliphatic rings. The zero-order chi connectivity index (χ0) is 24.4. The Balaban J connectivity index is 1.71. The van der Waals surface area contributed by atoms with Crippen molar-refractivity contribution in [3.63, 3.8) is 0 Å². The number of hydrogen-bond donors (Lipinski definition) is 1. The second kappa shape index (κ2) is 9.85. The summed E-state index contributed by atoms with van der Waals surface area (Å²) in [6.07, 6.45) is 1.23. The topological polar surface area (TPSA) is 75.7 Å². The van der Waals surface area contributed by atoms with Gasteiger partial charge in [-0.25, -0.2) is 14.1 Å². The normalized spacial score (nSPS) is 15.0. The van der Waals surface area contributed by atoms with Gasteiger partial charge in [-0.2, -0.15) is 0 Å². The number of hydrogen-bond acceptors (Lipinski definition) is 4. The first-order chi connectivity index (χ1) is 16.2. The molecule has 4 amide bonds. The number of nitrogens with zero attached hydrogens (tertiary/aromatic N) is 1. The van der Waals surface area contributed by atoms with Crippen LogP contribution in [0.25, 0.3) is 6.08 Å². The van der Waals surface area contributed by atoms with Crippen LogP contribution in [-0.2, 0) is 16.2 Å². The molecule has 1 aliphatic heterocycles. The van der Waals surface area contributed by atoms with Gasteiger partial charge in [-0.3, -0.25) is 14.9 Å². The number of benzene rings is 3. The fraction of sp³-hybridized carbons (Fsp3) is 0.0417. The third kappa shape index (κ3) is 5.07. The van der Waals surface area contributed by atoms with Crippen molar-refractivity contribution in [3.05, 3.63) is 98.2 Å². The van der Waals surface area contributed by atoms with Crippen LogP contribution in [0.15, 0.2) is 66.2 Å². The summed E-state index contributed by atoms with van der Waals surface area (Å²) >= 11 is 18.5. The standard InChI is InChI=1S/C24H14Cl3FN2O4/c25-15-3-1-2-13(8-15)12-34-21-14(9-16(26)11-20(21)27)10-19-22(31)29-24(33)30(23(19)32)18-6-4-17(28)5-7-18/h1-11H,12H2,(H,29,31,33)/b19-10+. The molecular formula is C24H14Cl3FN2O4. The number of urea groups is 1. The fourth-order valence-electron chi connectivity index (χ4n) is 3.26. The summed E-state index contributed by atoms with van der Waals surface area (Å²) in [7, 11) is 0. The quantitative estimate of drug-likeness (QED) is 0.330. The first kappa shape index (κ1) is 23.8. The number of carbonyl (C=O) groups excluding carboxylic acids is 3. The molecule has 172 valence electrons. The largest absolute Gasteiger partial charge is 0.487 e. The van der Waals surface area contributed by atoms with Crippen LogP contribution in [-0.4, -0.2) is 17.8 Å². The summed E-state index contributed by atoms with van der Waals surface area (Å²) < 4.78 is 19.2. The SMILES string of the molecule is O=C1NC(=O)N(c2ccc(F)cc2)C(=O)/C1=C/c1cc(Cl)cc(Cl)c1OCc1cccc(Cl)c1. The van der Waals surface area contributed by atoms with Gasteiger partial charge in [0.1, 0.15) is 23.7 Å². The molecule has 0 atom stereocenters. The maximum atomic E-state index is 13.3. The second-order valence-corrected chi connectivity index (χ2v) is 8.44. The van der Waals surface area contributed by atoms with Crippen molar-refractivity contribution in [2.75, 3.05) is 4.90 Å². The zero-order valence-electron chi connectivity index (χ0n) is 17.2. The van der Waals surface area contributed by atoms with E-state index in [1.54, 1.807) is 24.3 Å². The molecule has 1 N–H and O–H groups in total. The first-order valence-electron chi connectivity index (χ1n) is 9.76. The Morgan fingerprint density at radius 3 is 2.38 bits per heavy atom. The van der Waals surface area contributed by atoms with E-state index in [0.29, 0.717) is 5.02 Å². The first-order valence-corrected chi connectivity index (χ1v) is 10.9. The minimum Gasteiger partial charge on any atom is -0.487 e. The average Bonchev–Trinajstić information content (AvgIpc) is 2.77. The lowest BCUT2D eigenvalue weighted by Gasteiger charge is -2.26. The van der Waals surface area contributed by atoms with Crippen molar-refractivity contribution in [2.24, 2.45) is 0 Å². The van der Waals surface area contributed by atoms with E-state index >= 15 is 0 Å². The summed E-state index contributed by atoms with van der Waals surface area (Å²) in [6, 6.07) is 13.6. The lowest BCUT2D eigenvalue weighted by atomic mass is 10.1. The van der Waals surface area contributed by atoms with E-state index in [4.69, 9.17) is 39.5 Å².